The van der Waals surface area contributed by atoms with E-state index in [-0.39, 0.29) is 6.04 Å². The second-order valence-corrected chi connectivity index (χ2v) is 7.43. The molecule has 0 amide bonds. The average molecular weight is 388 g/mol. The molecule has 0 saturated carbocycles. The Kier molecular flexibility index (Phi) is 4.63. The molecule has 0 aliphatic heterocycles. The van der Waals surface area contributed by atoms with Crippen LogP contribution < -0.4 is 4.74 Å². The van der Waals surface area contributed by atoms with Crippen LogP contribution in [-0.2, 0) is 0 Å². The summed E-state index contributed by atoms with van der Waals surface area (Å²) in [6.45, 7) is 4.03. The lowest BCUT2D eigenvalue weighted by Gasteiger charge is -2.10. The highest BCUT2D eigenvalue weighted by Crippen LogP contribution is 2.29. The summed E-state index contributed by atoms with van der Waals surface area (Å²) in [5.41, 5.74) is 2.26. The maximum atomic E-state index is 12.9. The second kappa shape index (κ2) is 7.25. The fraction of sp³-hybridized carbons (Fsp3) is 0.143. The van der Waals surface area contributed by atoms with Crippen LogP contribution in [0, 0.1) is 11.3 Å². The van der Waals surface area contributed by atoms with E-state index in [9.17, 15) is 4.79 Å². The fourth-order valence-electron chi connectivity index (χ4n) is 2.87. The Morgan fingerprint density at radius 1 is 1.25 bits per heavy atom. The Morgan fingerprint density at radius 3 is 2.68 bits per heavy atom. The zero-order valence-electron chi connectivity index (χ0n) is 15.3. The van der Waals surface area contributed by atoms with Crippen LogP contribution in [0.5, 0.6) is 5.75 Å². The van der Waals surface area contributed by atoms with Gasteiger partial charge in [-0.15, -0.1) is 11.3 Å². The predicted molar refractivity (Wildman–Crippen MR) is 107 cm³/mol. The van der Waals surface area contributed by atoms with Crippen molar-refractivity contribution in [2.75, 3.05) is 0 Å². The molecule has 1 aromatic carbocycles. The van der Waals surface area contributed by atoms with Crippen molar-refractivity contribution in [3.63, 3.8) is 0 Å². The van der Waals surface area contributed by atoms with Gasteiger partial charge in [0, 0.05) is 6.04 Å². The van der Waals surface area contributed by atoms with E-state index in [1.165, 1.54) is 0 Å². The monoisotopic (exact) mass is 388 g/mol. The lowest BCUT2D eigenvalue weighted by molar-refractivity contribution is 0.0737. The summed E-state index contributed by atoms with van der Waals surface area (Å²) >= 11 is 1.56. The maximum Gasteiger partial charge on any atom is 0.344 e. The standard InChI is InChI=1S/C21H16N4O2S/c1-13(2)25-20-17(12-23-25)16(10-18(24-20)19-4-3-9-28-19)21(26)27-15-7-5-14(11-22)6-8-15/h3-10,12-13H,1-2H3. The predicted octanol–water partition coefficient (Wildman–Crippen LogP) is 4.83. The molecule has 3 aromatic heterocycles. The van der Waals surface area contributed by atoms with E-state index in [1.54, 1.807) is 52.5 Å². The lowest BCUT2D eigenvalue weighted by atomic mass is 10.1. The molecule has 0 N–H and O–H groups in total. The molecular formula is C21H16N4O2S. The molecule has 0 aliphatic carbocycles. The molecule has 0 spiro atoms. The average Bonchev–Trinajstić information content (AvgIpc) is 3.37. The fourth-order valence-corrected chi connectivity index (χ4v) is 3.56. The van der Waals surface area contributed by atoms with Crippen molar-refractivity contribution in [1.29, 1.82) is 5.26 Å². The number of carbonyl (C=O) groups is 1. The number of hydrogen-bond donors (Lipinski definition) is 0. The van der Waals surface area contributed by atoms with Gasteiger partial charge in [0.15, 0.2) is 5.65 Å². The van der Waals surface area contributed by atoms with E-state index in [4.69, 9.17) is 15.0 Å². The van der Waals surface area contributed by atoms with Crippen molar-refractivity contribution in [3.8, 4) is 22.4 Å². The van der Waals surface area contributed by atoms with Gasteiger partial charge in [0.1, 0.15) is 5.75 Å². The van der Waals surface area contributed by atoms with E-state index in [1.807, 2.05) is 37.4 Å². The first-order chi connectivity index (χ1) is 13.6. The Morgan fingerprint density at radius 2 is 2.04 bits per heavy atom. The van der Waals surface area contributed by atoms with Gasteiger partial charge in [-0.1, -0.05) is 6.07 Å². The molecule has 0 unspecified atom stereocenters. The molecule has 4 aromatic rings. The minimum Gasteiger partial charge on any atom is -0.423 e. The third-order valence-corrected chi connectivity index (χ3v) is 5.14. The normalized spacial score (nSPS) is 10.9. The van der Waals surface area contributed by atoms with Crippen LogP contribution in [0.15, 0.2) is 54.0 Å². The molecule has 138 valence electrons. The minimum absolute atomic E-state index is 0.103. The molecule has 3 heterocycles. The first kappa shape index (κ1) is 17.9. The summed E-state index contributed by atoms with van der Waals surface area (Å²) in [4.78, 5) is 18.6. The lowest BCUT2D eigenvalue weighted by Crippen LogP contribution is -2.10. The number of fused-ring (bicyclic) bond motifs is 1. The van der Waals surface area contributed by atoms with Gasteiger partial charge in [-0.2, -0.15) is 10.4 Å². The topological polar surface area (TPSA) is 80.8 Å². The molecule has 0 fully saturated rings. The number of benzene rings is 1. The Bertz CT molecular complexity index is 1190. The molecule has 0 bridgehead atoms. The smallest absolute Gasteiger partial charge is 0.344 e. The summed E-state index contributed by atoms with van der Waals surface area (Å²) in [7, 11) is 0. The quantitative estimate of drug-likeness (QED) is 0.369. The minimum atomic E-state index is -0.488. The molecule has 28 heavy (non-hydrogen) atoms. The van der Waals surface area contributed by atoms with Gasteiger partial charge in [-0.3, -0.25) is 0 Å². The van der Waals surface area contributed by atoms with Crippen LogP contribution in [0.25, 0.3) is 21.6 Å². The van der Waals surface area contributed by atoms with Crippen molar-refractivity contribution >= 4 is 28.3 Å². The van der Waals surface area contributed by atoms with Crippen molar-refractivity contribution in [3.05, 3.63) is 65.2 Å². The third-order valence-electron chi connectivity index (χ3n) is 4.24. The van der Waals surface area contributed by atoms with E-state index in [0.717, 1.165) is 4.88 Å². The van der Waals surface area contributed by atoms with Crippen LogP contribution in [0.4, 0.5) is 0 Å². The van der Waals surface area contributed by atoms with Crippen molar-refractivity contribution in [2.24, 2.45) is 0 Å². The van der Waals surface area contributed by atoms with Crippen molar-refractivity contribution in [1.82, 2.24) is 14.8 Å². The molecule has 0 atom stereocenters. The summed E-state index contributed by atoms with van der Waals surface area (Å²) < 4.78 is 7.34. The van der Waals surface area contributed by atoms with Crippen LogP contribution in [-0.4, -0.2) is 20.7 Å². The van der Waals surface area contributed by atoms with Gasteiger partial charge in [0.2, 0.25) is 0 Å². The number of nitriles is 1. The Balaban J connectivity index is 1.80. The van der Waals surface area contributed by atoms with Crippen molar-refractivity contribution in [2.45, 2.75) is 19.9 Å². The van der Waals surface area contributed by atoms with Crippen LogP contribution >= 0.6 is 11.3 Å². The van der Waals surface area contributed by atoms with Crippen LogP contribution in [0.2, 0.25) is 0 Å². The SMILES string of the molecule is CC(C)n1ncc2c(C(=O)Oc3ccc(C#N)cc3)cc(-c3cccs3)nc21. The highest BCUT2D eigenvalue weighted by Gasteiger charge is 2.20. The molecule has 6 nitrogen and oxygen atoms in total. The summed E-state index contributed by atoms with van der Waals surface area (Å²) in [6, 6.07) is 14.2. The van der Waals surface area contributed by atoms with Crippen LogP contribution in [0.1, 0.15) is 35.8 Å². The van der Waals surface area contributed by atoms with E-state index < -0.39 is 5.97 Å². The number of aromatic nitrogens is 3. The highest BCUT2D eigenvalue weighted by atomic mass is 32.1. The third kappa shape index (κ3) is 3.26. The second-order valence-electron chi connectivity index (χ2n) is 6.48. The number of pyridine rings is 1. The zero-order chi connectivity index (χ0) is 19.7. The Labute approximate surface area is 165 Å². The Hall–Kier alpha value is -3.50. The van der Waals surface area contributed by atoms with E-state index >= 15 is 0 Å². The number of hydrogen-bond acceptors (Lipinski definition) is 6. The summed E-state index contributed by atoms with van der Waals surface area (Å²) in [5.74, 6) is -0.110. The van der Waals surface area contributed by atoms with Gasteiger partial charge < -0.3 is 4.74 Å². The molecule has 4 rings (SSSR count). The molecule has 0 aliphatic rings. The molecular weight excluding hydrogens is 372 g/mol. The largest absolute Gasteiger partial charge is 0.423 e. The molecule has 0 saturated heterocycles. The number of thiophene rings is 1. The van der Waals surface area contributed by atoms with Crippen LogP contribution in [0.3, 0.4) is 0 Å². The number of rotatable bonds is 4. The van der Waals surface area contributed by atoms with Crippen molar-refractivity contribution < 1.29 is 9.53 Å². The number of ether oxygens (including phenoxy) is 1. The van der Waals surface area contributed by atoms with Gasteiger partial charge in [-0.25, -0.2) is 14.5 Å². The molecule has 7 heteroatoms. The molecule has 0 radical (unpaired) electrons. The first-order valence-electron chi connectivity index (χ1n) is 8.71. The first-order valence-corrected chi connectivity index (χ1v) is 9.59. The van der Waals surface area contributed by atoms with Gasteiger partial charge >= 0.3 is 5.97 Å². The van der Waals surface area contributed by atoms with E-state index in [0.29, 0.717) is 33.6 Å². The zero-order valence-corrected chi connectivity index (χ0v) is 16.1. The number of carbonyl (C=O) groups excluding carboxylic acids is 1. The van der Waals surface area contributed by atoms with Gasteiger partial charge in [-0.05, 0) is 55.6 Å². The van der Waals surface area contributed by atoms with Gasteiger partial charge in [0.25, 0.3) is 0 Å². The number of nitrogens with zero attached hydrogens (tertiary/aromatic N) is 4. The highest BCUT2D eigenvalue weighted by molar-refractivity contribution is 7.13. The summed E-state index contributed by atoms with van der Waals surface area (Å²) in [5, 5.41) is 15.9. The van der Waals surface area contributed by atoms with E-state index in [2.05, 4.69) is 5.10 Å². The number of esters is 1. The van der Waals surface area contributed by atoms with Gasteiger partial charge in [0.05, 0.1) is 39.4 Å². The maximum absolute atomic E-state index is 12.9. The summed E-state index contributed by atoms with van der Waals surface area (Å²) in [6.07, 6.45) is 1.65.